The van der Waals surface area contributed by atoms with Crippen LogP contribution in [0.1, 0.15) is 38.2 Å². The fourth-order valence-corrected chi connectivity index (χ4v) is 3.18. The molecule has 3 heterocycles. The first-order valence-electron chi connectivity index (χ1n) is 7.92. The molecule has 3 aromatic rings. The minimum atomic E-state index is -0.819. The van der Waals surface area contributed by atoms with Crippen molar-refractivity contribution in [1.82, 2.24) is 23.1 Å². The number of fused-ring (bicyclic) bond motifs is 3. The van der Waals surface area contributed by atoms with Crippen LogP contribution >= 0.6 is 0 Å². The van der Waals surface area contributed by atoms with Crippen LogP contribution in [0.15, 0.2) is 9.59 Å². The van der Waals surface area contributed by atoms with Gasteiger partial charge in [0.1, 0.15) is 0 Å². The number of aromatic nitrogens is 5. The molecule has 3 rings (SSSR count). The fraction of sp³-hybridized carbons (Fsp3) is 0.500. The van der Waals surface area contributed by atoms with Gasteiger partial charge in [-0.2, -0.15) is 4.98 Å². The van der Waals surface area contributed by atoms with Crippen LogP contribution in [-0.2, 0) is 18.4 Å². The highest BCUT2D eigenvalue weighted by molar-refractivity contribution is 5.81. The van der Waals surface area contributed by atoms with E-state index in [1.807, 2.05) is 25.3 Å². The van der Waals surface area contributed by atoms with E-state index in [0.29, 0.717) is 23.5 Å². The minimum Gasteiger partial charge on any atom is -0.314 e. The van der Waals surface area contributed by atoms with Crippen molar-refractivity contribution in [3.8, 4) is 0 Å². The lowest BCUT2D eigenvalue weighted by atomic mass is 10.2. The molecule has 0 unspecified atom stereocenters. The van der Waals surface area contributed by atoms with Crippen LogP contribution in [0, 0.1) is 13.8 Å². The zero-order valence-corrected chi connectivity index (χ0v) is 14.7. The topological polar surface area (TPSA) is 83.3 Å². The molecule has 24 heavy (non-hydrogen) atoms. The van der Waals surface area contributed by atoms with Crippen LogP contribution in [-0.4, -0.2) is 28.9 Å². The Morgan fingerprint density at radius 3 is 2.38 bits per heavy atom. The summed E-state index contributed by atoms with van der Waals surface area (Å²) in [6.07, 6.45) is 0. The number of carbonyl (C=O) groups is 1. The third-order valence-corrected chi connectivity index (χ3v) is 4.87. The molecule has 0 radical (unpaired) electrons. The first kappa shape index (κ1) is 16.2. The summed E-state index contributed by atoms with van der Waals surface area (Å²) in [4.78, 5) is 41.8. The van der Waals surface area contributed by atoms with Crippen LogP contribution < -0.4 is 11.2 Å². The average Bonchev–Trinajstić information content (AvgIpc) is 3.02. The maximum absolute atomic E-state index is 13.0. The van der Waals surface area contributed by atoms with Gasteiger partial charge in [-0.25, -0.2) is 9.36 Å². The second-order valence-corrected chi connectivity index (χ2v) is 6.14. The van der Waals surface area contributed by atoms with E-state index in [2.05, 4.69) is 4.98 Å². The van der Waals surface area contributed by atoms with Crippen LogP contribution in [0.5, 0.6) is 0 Å². The van der Waals surface area contributed by atoms with Crippen molar-refractivity contribution in [2.75, 3.05) is 0 Å². The first-order chi connectivity index (χ1) is 11.2. The number of aryl methyl sites for hydroxylation is 3. The third kappa shape index (κ3) is 1.85. The predicted molar refractivity (Wildman–Crippen MR) is 90.7 cm³/mol. The fourth-order valence-electron chi connectivity index (χ4n) is 3.18. The lowest BCUT2D eigenvalue weighted by Gasteiger charge is -2.12. The first-order valence-corrected chi connectivity index (χ1v) is 7.92. The summed E-state index contributed by atoms with van der Waals surface area (Å²) in [6, 6.07) is -0.819. The van der Waals surface area contributed by atoms with Gasteiger partial charge >= 0.3 is 5.69 Å². The Labute approximate surface area is 137 Å². The van der Waals surface area contributed by atoms with Crippen LogP contribution in [0.4, 0.5) is 0 Å². The van der Waals surface area contributed by atoms with Gasteiger partial charge in [-0.1, -0.05) is 0 Å². The summed E-state index contributed by atoms with van der Waals surface area (Å²) in [5.41, 5.74) is 1.55. The Morgan fingerprint density at radius 1 is 1.21 bits per heavy atom. The highest BCUT2D eigenvalue weighted by Crippen LogP contribution is 2.20. The Balaban J connectivity index is 2.62. The van der Waals surface area contributed by atoms with Crippen molar-refractivity contribution >= 4 is 22.7 Å². The maximum Gasteiger partial charge on any atom is 0.333 e. The molecule has 3 aromatic heterocycles. The van der Waals surface area contributed by atoms with Gasteiger partial charge in [0.05, 0.1) is 6.04 Å². The lowest BCUT2D eigenvalue weighted by Crippen LogP contribution is -2.42. The molecule has 8 heteroatoms. The average molecular weight is 331 g/mol. The molecule has 0 aromatic carbocycles. The molecule has 0 saturated heterocycles. The van der Waals surface area contributed by atoms with E-state index in [9.17, 15) is 14.4 Å². The second-order valence-electron chi connectivity index (χ2n) is 6.14. The van der Waals surface area contributed by atoms with Gasteiger partial charge in [-0.3, -0.25) is 18.6 Å². The zero-order chi connectivity index (χ0) is 17.9. The third-order valence-electron chi connectivity index (χ3n) is 4.87. The van der Waals surface area contributed by atoms with Gasteiger partial charge in [0.2, 0.25) is 5.78 Å². The Bertz CT molecular complexity index is 1110. The Morgan fingerprint density at radius 2 is 1.83 bits per heavy atom. The van der Waals surface area contributed by atoms with Crippen molar-refractivity contribution in [2.45, 2.75) is 47.2 Å². The quantitative estimate of drug-likeness (QED) is 0.715. The number of imidazole rings is 2. The summed E-state index contributed by atoms with van der Waals surface area (Å²) in [5.74, 6) is 0.385. The molecular formula is C16H21N5O3. The predicted octanol–water partition coefficient (Wildman–Crippen LogP) is 0.936. The number of hydrogen-bond donors (Lipinski definition) is 0. The van der Waals surface area contributed by atoms with Gasteiger partial charge in [-0.15, -0.1) is 0 Å². The SMILES string of the molecule is CCn1c(C)c(C)n2c3c(=O)n([C@@H](C)C(C)=O)c(=O)n(C)c3nc12. The lowest BCUT2D eigenvalue weighted by molar-refractivity contribution is -0.119. The molecule has 128 valence electrons. The molecule has 0 saturated carbocycles. The molecule has 1 atom stereocenters. The molecule has 0 aliphatic rings. The van der Waals surface area contributed by atoms with E-state index in [1.165, 1.54) is 11.5 Å². The second kappa shape index (κ2) is 5.19. The van der Waals surface area contributed by atoms with E-state index in [-0.39, 0.29) is 5.78 Å². The molecule has 8 nitrogen and oxygen atoms in total. The van der Waals surface area contributed by atoms with E-state index < -0.39 is 17.3 Å². The number of nitrogens with zero attached hydrogens (tertiary/aromatic N) is 5. The number of hydrogen-bond acceptors (Lipinski definition) is 4. The van der Waals surface area contributed by atoms with E-state index >= 15 is 0 Å². The Kier molecular flexibility index (Phi) is 3.51. The van der Waals surface area contributed by atoms with E-state index in [4.69, 9.17) is 0 Å². The van der Waals surface area contributed by atoms with Gasteiger partial charge in [-0.05, 0) is 34.6 Å². The zero-order valence-electron chi connectivity index (χ0n) is 14.7. The molecule has 0 aliphatic carbocycles. The van der Waals surface area contributed by atoms with Crippen molar-refractivity contribution in [2.24, 2.45) is 7.05 Å². The molecule has 0 aliphatic heterocycles. The van der Waals surface area contributed by atoms with E-state index in [1.54, 1.807) is 18.4 Å². The monoisotopic (exact) mass is 331 g/mol. The molecule has 0 N–H and O–H groups in total. The molecule has 0 fully saturated rings. The summed E-state index contributed by atoms with van der Waals surface area (Å²) < 4.78 is 6.12. The highest BCUT2D eigenvalue weighted by atomic mass is 16.2. The number of rotatable bonds is 3. The van der Waals surface area contributed by atoms with Crippen molar-refractivity contribution < 1.29 is 4.79 Å². The largest absolute Gasteiger partial charge is 0.333 e. The van der Waals surface area contributed by atoms with Crippen molar-refractivity contribution in [1.29, 1.82) is 0 Å². The van der Waals surface area contributed by atoms with Gasteiger partial charge in [0.15, 0.2) is 16.9 Å². The van der Waals surface area contributed by atoms with Crippen molar-refractivity contribution in [3.63, 3.8) is 0 Å². The van der Waals surface area contributed by atoms with Gasteiger partial charge in [0.25, 0.3) is 5.56 Å². The van der Waals surface area contributed by atoms with Crippen LogP contribution in [0.2, 0.25) is 0 Å². The minimum absolute atomic E-state index is 0.242. The normalized spacial score (nSPS) is 13.1. The molecule has 0 bridgehead atoms. The highest BCUT2D eigenvalue weighted by Gasteiger charge is 2.24. The summed E-state index contributed by atoms with van der Waals surface area (Å²) in [7, 11) is 1.57. The summed E-state index contributed by atoms with van der Waals surface area (Å²) >= 11 is 0. The summed E-state index contributed by atoms with van der Waals surface area (Å²) in [6.45, 7) is 9.52. The van der Waals surface area contributed by atoms with Gasteiger partial charge in [0, 0.05) is 25.0 Å². The Hall–Kier alpha value is -2.64. The molecule has 0 spiro atoms. The number of ketones is 1. The standard InChI is InChI=1S/C16H21N5O3/c1-7-19-8(2)9(3)20-12-13(17-15(19)20)18(6)16(24)21(14(12)23)10(4)11(5)22/h10H,7H2,1-6H3/t10-/m0/s1. The van der Waals surface area contributed by atoms with Gasteiger partial charge < -0.3 is 4.57 Å². The van der Waals surface area contributed by atoms with Crippen LogP contribution in [0.25, 0.3) is 16.9 Å². The number of carbonyl (C=O) groups excluding carboxylic acids is 1. The maximum atomic E-state index is 13.0. The van der Waals surface area contributed by atoms with E-state index in [0.717, 1.165) is 16.0 Å². The number of Topliss-reactive ketones (excluding diaryl/α,β-unsaturated/α-hetero) is 1. The van der Waals surface area contributed by atoms with Crippen LogP contribution in [0.3, 0.4) is 0 Å². The summed E-state index contributed by atoms with van der Waals surface area (Å²) in [5, 5.41) is 0. The molecular weight excluding hydrogens is 310 g/mol. The molecule has 0 amide bonds. The van der Waals surface area contributed by atoms with Crippen molar-refractivity contribution in [3.05, 3.63) is 32.2 Å². The smallest absolute Gasteiger partial charge is 0.314 e.